The van der Waals surface area contributed by atoms with Crippen molar-refractivity contribution in [2.75, 3.05) is 5.32 Å². The molecule has 4 aromatic rings. The third-order valence-electron chi connectivity index (χ3n) is 4.19. The molecule has 0 atom stereocenters. The van der Waals surface area contributed by atoms with Crippen LogP contribution in [0, 0.1) is 11.6 Å². The smallest absolute Gasteiger partial charge is 0.258 e. The third kappa shape index (κ3) is 4.16. The first-order chi connectivity index (χ1) is 14.1. The van der Waals surface area contributed by atoms with Gasteiger partial charge in [0.25, 0.3) is 5.91 Å². The van der Waals surface area contributed by atoms with E-state index < -0.39 is 17.5 Å². The Kier molecular flexibility index (Phi) is 5.07. The molecule has 0 spiro atoms. The first kappa shape index (κ1) is 18.4. The molecule has 2 heterocycles. The summed E-state index contributed by atoms with van der Waals surface area (Å²) in [5.41, 5.74) is 1.68. The number of anilines is 1. The summed E-state index contributed by atoms with van der Waals surface area (Å²) in [5.74, 6) is -1.58. The van der Waals surface area contributed by atoms with E-state index in [-0.39, 0.29) is 12.0 Å². The molecule has 0 bridgehead atoms. The quantitative estimate of drug-likeness (QED) is 0.549. The molecule has 2 aromatic carbocycles. The highest BCUT2D eigenvalue weighted by Gasteiger charge is 2.16. The van der Waals surface area contributed by atoms with E-state index in [0.717, 1.165) is 17.7 Å². The molecule has 1 N–H and O–H groups in total. The molecule has 4 rings (SSSR count). The molecule has 0 unspecified atom stereocenters. The van der Waals surface area contributed by atoms with Crippen LogP contribution in [-0.4, -0.2) is 21.0 Å². The predicted octanol–water partition coefficient (Wildman–Crippen LogP) is 4.25. The number of benzene rings is 2. The molecular weight excluding hydrogens is 378 g/mol. The molecule has 144 valence electrons. The average Bonchev–Trinajstić information content (AvgIpc) is 3.18. The fourth-order valence-corrected chi connectivity index (χ4v) is 2.77. The maximum atomic E-state index is 13.9. The zero-order chi connectivity index (χ0) is 20.2. The summed E-state index contributed by atoms with van der Waals surface area (Å²) in [7, 11) is 0. The van der Waals surface area contributed by atoms with Gasteiger partial charge in [-0.1, -0.05) is 23.4 Å². The number of rotatable bonds is 5. The molecule has 8 heteroatoms. The van der Waals surface area contributed by atoms with Crippen LogP contribution in [-0.2, 0) is 6.42 Å². The van der Waals surface area contributed by atoms with Crippen LogP contribution < -0.4 is 5.32 Å². The maximum Gasteiger partial charge on any atom is 0.258 e. The van der Waals surface area contributed by atoms with E-state index in [0.29, 0.717) is 29.0 Å². The largest absolute Gasteiger partial charge is 0.339 e. The number of para-hydroxylation sites is 1. The summed E-state index contributed by atoms with van der Waals surface area (Å²) < 4.78 is 32.3. The molecule has 2 aromatic heterocycles. The number of amides is 1. The number of hydrogen-bond donors (Lipinski definition) is 1. The molecule has 29 heavy (non-hydrogen) atoms. The standard InChI is InChI=1S/C21H14F2N4O2/c22-15-5-6-16(17(23)12-15)21(28)25-18-4-2-1-3-14(18)11-19-26-20(27-29-19)13-7-9-24-10-8-13/h1-10,12H,11H2,(H,25,28). The predicted molar refractivity (Wildman–Crippen MR) is 101 cm³/mol. The SMILES string of the molecule is O=C(Nc1ccccc1Cc1nc(-c2ccncc2)no1)c1ccc(F)cc1F. The van der Waals surface area contributed by atoms with Gasteiger partial charge in [0.2, 0.25) is 11.7 Å². The van der Waals surface area contributed by atoms with Crippen LogP contribution in [0.2, 0.25) is 0 Å². The Bertz CT molecular complexity index is 1160. The molecule has 0 aliphatic carbocycles. The minimum Gasteiger partial charge on any atom is -0.339 e. The summed E-state index contributed by atoms with van der Waals surface area (Å²) in [5, 5.41) is 6.60. The number of carbonyl (C=O) groups is 1. The fourth-order valence-electron chi connectivity index (χ4n) is 2.77. The second-order valence-corrected chi connectivity index (χ2v) is 6.16. The lowest BCUT2D eigenvalue weighted by atomic mass is 10.1. The maximum absolute atomic E-state index is 13.9. The monoisotopic (exact) mass is 392 g/mol. The topological polar surface area (TPSA) is 80.9 Å². The van der Waals surface area contributed by atoms with Gasteiger partial charge in [0, 0.05) is 29.7 Å². The molecule has 0 saturated carbocycles. The summed E-state index contributed by atoms with van der Waals surface area (Å²) >= 11 is 0. The van der Waals surface area contributed by atoms with Gasteiger partial charge >= 0.3 is 0 Å². The fraction of sp³-hybridized carbons (Fsp3) is 0.0476. The molecule has 6 nitrogen and oxygen atoms in total. The van der Waals surface area contributed by atoms with Gasteiger partial charge in [0.15, 0.2) is 0 Å². The Morgan fingerprint density at radius 1 is 1.03 bits per heavy atom. The van der Waals surface area contributed by atoms with Crippen molar-refractivity contribution in [2.45, 2.75) is 6.42 Å². The summed E-state index contributed by atoms with van der Waals surface area (Å²) in [6.07, 6.45) is 3.52. The number of nitrogens with zero attached hydrogens (tertiary/aromatic N) is 3. The molecule has 1 amide bonds. The van der Waals surface area contributed by atoms with Gasteiger partial charge in [0.1, 0.15) is 11.6 Å². The Morgan fingerprint density at radius 2 is 1.83 bits per heavy atom. The summed E-state index contributed by atoms with van der Waals surface area (Å²) in [6, 6.07) is 13.3. The van der Waals surface area contributed by atoms with Crippen LogP contribution in [0.5, 0.6) is 0 Å². The lowest BCUT2D eigenvalue weighted by Gasteiger charge is -2.10. The summed E-state index contributed by atoms with van der Waals surface area (Å²) in [4.78, 5) is 20.7. The zero-order valence-electron chi connectivity index (χ0n) is 15.0. The van der Waals surface area contributed by atoms with Crippen LogP contribution in [0.3, 0.4) is 0 Å². The number of pyridine rings is 1. The lowest BCUT2D eigenvalue weighted by molar-refractivity contribution is 0.102. The first-order valence-corrected chi connectivity index (χ1v) is 8.67. The third-order valence-corrected chi connectivity index (χ3v) is 4.19. The zero-order valence-corrected chi connectivity index (χ0v) is 15.0. The second-order valence-electron chi connectivity index (χ2n) is 6.16. The Hall–Kier alpha value is -3.94. The van der Waals surface area contributed by atoms with E-state index in [2.05, 4.69) is 20.4 Å². The van der Waals surface area contributed by atoms with Crippen molar-refractivity contribution in [3.05, 3.63) is 95.6 Å². The van der Waals surface area contributed by atoms with Gasteiger partial charge < -0.3 is 9.84 Å². The molecular formula is C21H14F2N4O2. The van der Waals surface area contributed by atoms with Gasteiger partial charge in [-0.05, 0) is 35.9 Å². The Balaban J connectivity index is 1.54. The number of nitrogens with one attached hydrogen (secondary N) is 1. The Labute approximate surface area is 164 Å². The van der Waals surface area contributed by atoms with Gasteiger partial charge in [0.05, 0.1) is 12.0 Å². The van der Waals surface area contributed by atoms with Crippen molar-refractivity contribution in [3.63, 3.8) is 0 Å². The van der Waals surface area contributed by atoms with Crippen LogP contribution >= 0.6 is 0 Å². The highest BCUT2D eigenvalue weighted by Crippen LogP contribution is 2.22. The molecule has 0 fully saturated rings. The van der Waals surface area contributed by atoms with Crippen LogP contribution in [0.25, 0.3) is 11.4 Å². The van der Waals surface area contributed by atoms with Gasteiger partial charge in [-0.2, -0.15) is 4.98 Å². The molecule has 0 aliphatic heterocycles. The van der Waals surface area contributed by atoms with Crippen molar-refractivity contribution < 1.29 is 18.1 Å². The van der Waals surface area contributed by atoms with E-state index >= 15 is 0 Å². The van der Waals surface area contributed by atoms with Gasteiger partial charge in [-0.25, -0.2) is 8.78 Å². The van der Waals surface area contributed by atoms with Crippen molar-refractivity contribution in [1.82, 2.24) is 15.1 Å². The number of halogens is 2. The van der Waals surface area contributed by atoms with Gasteiger partial charge in [-0.15, -0.1) is 0 Å². The molecule has 0 saturated heterocycles. The van der Waals surface area contributed by atoms with Gasteiger partial charge in [-0.3, -0.25) is 9.78 Å². The lowest BCUT2D eigenvalue weighted by Crippen LogP contribution is -2.15. The van der Waals surface area contributed by atoms with E-state index in [1.54, 1.807) is 48.8 Å². The second kappa shape index (κ2) is 7.97. The van der Waals surface area contributed by atoms with E-state index in [1.165, 1.54) is 0 Å². The number of aromatic nitrogens is 3. The van der Waals surface area contributed by atoms with Crippen molar-refractivity contribution in [2.24, 2.45) is 0 Å². The molecule has 0 radical (unpaired) electrons. The first-order valence-electron chi connectivity index (χ1n) is 8.67. The number of carbonyl (C=O) groups excluding carboxylic acids is 1. The molecule has 0 aliphatic rings. The van der Waals surface area contributed by atoms with E-state index in [4.69, 9.17) is 4.52 Å². The van der Waals surface area contributed by atoms with Crippen LogP contribution in [0.4, 0.5) is 14.5 Å². The highest BCUT2D eigenvalue weighted by atomic mass is 19.1. The van der Waals surface area contributed by atoms with Crippen LogP contribution in [0.15, 0.2) is 71.5 Å². The van der Waals surface area contributed by atoms with E-state index in [9.17, 15) is 13.6 Å². The highest BCUT2D eigenvalue weighted by molar-refractivity contribution is 6.04. The minimum atomic E-state index is -0.932. The normalized spacial score (nSPS) is 10.7. The van der Waals surface area contributed by atoms with Crippen LogP contribution in [0.1, 0.15) is 21.8 Å². The van der Waals surface area contributed by atoms with Crippen molar-refractivity contribution >= 4 is 11.6 Å². The minimum absolute atomic E-state index is 0.251. The van der Waals surface area contributed by atoms with Crippen molar-refractivity contribution in [3.8, 4) is 11.4 Å². The van der Waals surface area contributed by atoms with E-state index in [1.807, 2.05) is 0 Å². The Morgan fingerprint density at radius 3 is 2.62 bits per heavy atom. The number of hydrogen-bond acceptors (Lipinski definition) is 5. The van der Waals surface area contributed by atoms with Crippen molar-refractivity contribution in [1.29, 1.82) is 0 Å². The summed E-state index contributed by atoms with van der Waals surface area (Å²) in [6.45, 7) is 0. The average molecular weight is 392 g/mol.